The van der Waals surface area contributed by atoms with Crippen molar-refractivity contribution in [1.29, 1.82) is 0 Å². The lowest BCUT2D eigenvalue weighted by molar-refractivity contribution is 1.00. The first-order valence-electron chi connectivity index (χ1n) is 5.17. The van der Waals surface area contributed by atoms with Gasteiger partial charge in [0.05, 0.1) is 22.8 Å². The number of nitrogens with one attached hydrogen (secondary N) is 1. The molecule has 0 aliphatic carbocycles. The van der Waals surface area contributed by atoms with Crippen molar-refractivity contribution < 1.29 is 0 Å². The van der Waals surface area contributed by atoms with E-state index in [1.807, 2.05) is 38.1 Å². The second kappa shape index (κ2) is 4.19. The van der Waals surface area contributed by atoms with Crippen molar-refractivity contribution in [2.45, 2.75) is 19.9 Å². The number of hydrogen-bond acceptors (Lipinski definition) is 3. The molecule has 2 aromatic rings. The molecular weight excluding hydrogens is 198 g/mol. The van der Waals surface area contributed by atoms with Gasteiger partial charge >= 0.3 is 0 Å². The van der Waals surface area contributed by atoms with Crippen molar-refractivity contribution in [2.75, 3.05) is 5.32 Å². The summed E-state index contributed by atoms with van der Waals surface area (Å²) in [7, 11) is 0. The SMILES string of the molecule is C#CC(C)Nc1nc2ccccc2nc1C. The molecule has 1 aromatic carbocycles. The quantitative estimate of drug-likeness (QED) is 0.775. The second-order valence-electron chi connectivity index (χ2n) is 3.68. The first kappa shape index (κ1) is 10.4. The monoisotopic (exact) mass is 211 g/mol. The Hall–Kier alpha value is -2.08. The average Bonchev–Trinajstić information content (AvgIpc) is 2.30. The summed E-state index contributed by atoms with van der Waals surface area (Å²) in [4.78, 5) is 8.96. The molecule has 0 aliphatic heterocycles. The van der Waals surface area contributed by atoms with Crippen LogP contribution < -0.4 is 5.32 Å². The van der Waals surface area contributed by atoms with Crippen molar-refractivity contribution in [1.82, 2.24) is 9.97 Å². The van der Waals surface area contributed by atoms with Gasteiger partial charge in [-0.25, -0.2) is 9.97 Å². The Morgan fingerprint density at radius 2 is 1.88 bits per heavy atom. The Labute approximate surface area is 94.9 Å². The normalized spacial score (nSPS) is 12.1. The zero-order chi connectivity index (χ0) is 11.5. The van der Waals surface area contributed by atoms with E-state index in [4.69, 9.17) is 6.42 Å². The molecule has 80 valence electrons. The fourth-order valence-corrected chi connectivity index (χ4v) is 1.47. The van der Waals surface area contributed by atoms with Crippen LogP contribution in [0.3, 0.4) is 0 Å². The second-order valence-corrected chi connectivity index (χ2v) is 3.68. The van der Waals surface area contributed by atoms with E-state index < -0.39 is 0 Å². The summed E-state index contributed by atoms with van der Waals surface area (Å²) >= 11 is 0. The van der Waals surface area contributed by atoms with E-state index in [2.05, 4.69) is 21.2 Å². The zero-order valence-corrected chi connectivity index (χ0v) is 9.36. The van der Waals surface area contributed by atoms with Gasteiger partial charge in [0.15, 0.2) is 0 Å². The predicted molar refractivity (Wildman–Crippen MR) is 66.2 cm³/mol. The first-order chi connectivity index (χ1) is 7.70. The van der Waals surface area contributed by atoms with Gasteiger partial charge in [-0.1, -0.05) is 18.1 Å². The van der Waals surface area contributed by atoms with Gasteiger partial charge in [0.1, 0.15) is 5.82 Å². The van der Waals surface area contributed by atoms with E-state index in [1.54, 1.807) is 0 Å². The van der Waals surface area contributed by atoms with Gasteiger partial charge in [-0.2, -0.15) is 0 Å². The molecule has 0 saturated carbocycles. The molecule has 0 spiro atoms. The third kappa shape index (κ3) is 1.96. The van der Waals surface area contributed by atoms with Crippen LogP contribution in [0.15, 0.2) is 24.3 Å². The lowest BCUT2D eigenvalue weighted by Gasteiger charge is -2.11. The van der Waals surface area contributed by atoms with Crippen LogP contribution in [0, 0.1) is 19.3 Å². The lowest BCUT2D eigenvalue weighted by atomic mass is 10.3. The minimum Gasteiger partial charge on any atom is -0.355 e. The van der Waals surface area contributed by atoms with E-state index in [-0.39, 0.29) is 6.04 Å². The largest absolute Gasteiger partial charge is 0.355 e. The summed E-state index contributed by atoms with van der Waals surface area (Å²) in [5.74, 6) is 3.36. The highest BCUT2D eigenvalue weighted by Gasteiger charge is 2.06. The van der Waals surface area contributed by atoms with Crippen LogP contribution >= 0.6 is 0 Å². The third-order valence-corrected chi connectivity index (χ3v) is 2.35. The van der Waals surface area contributed by atoms with E-state index in [0.29, 0.717) is 0 Å². The van der Waals surface area contributed by atoms with E-state index in [0.717, 1.165) is 22.5 Å². The van der Waals surface area contributed by atoms with Crippen LogP contribution in [-0.4, -0.2) is 16.0 Å². The van der Waals surface area contributed by atoms with Crippen molar-refractivity contribution >= 4 is 16.9 Å². The molecule has 1 aromatic heterocycles. The smallest absolute Gasteiger partial charge is 0.149 e. The van der Waals surface area contributed by atoms with Crippen LogP contribution in [0.2, 0.25) is 0 Å². The Bertz CT molecular complexity index is 555. The van der Waals surface area contributed by atoms with Gasteiger partial charge in [-0.05, 0) is 26.0 Å². The molecule has 1 N–H and O–H groups in total. The lowest BCUT2D eigenvalue weighted by Crippen LogP contribution is -2.14. The number of anilines is 1. The van der Waals surface area contributed by atoms with Gasteiger partial charge in [-0.15, -0.1) is 6.42 Å². The summed E-state index contributed by atoms with van der Waals surface area (Å²) in [5.41, 5.74) is 2.64. The van der Waals surface area contributed by atoms with Gasteiger partial charge in [-0.3, -0.25) is 0 Å². The molecule has 0 bridgehead atoms. The standard InChI is InChI=1S/C13H13N3/c1-4-9(2)14-13-10(3)15-11-7-5-6-8-12(11)16-13/h1,5-9H,2-3H3,(H,14,16). The van der Waals surface area contributed by atoms with Gasteiger partial charge in [0.25, 0.3) is 0 Å². The maximum absolute atomic E-state index is 5.32. The number of hydrogen-bond donors (Lipinski definition) is 1. The Morgan fingerprint density at radius 1 is 1.25 bits per heavy atom. The highest BCUT2D eigenvalue weighted by Crippen LogP contribution is 2.16. The number of fused-ring (bicyclic) bond motifs is 1. The first-order valence-corrected chi connectivity index (χ1v) is 5.17. The maximum atomic E-state index is 5.32. The zero-order valence-electron chi connectivity index (χ0n) is 9.36. The molecule has 2 rings (SSSR count). The fraction of sp³-hybridized carbons (Fsp3) is 0.231. The van der Waals surface area contributed by atoms with Crippen LogP contribution in [0.5, 0.6) is 0 Å². The van der Waals surface area contributed by atoms with Crippen molar-refractivity contribution in [3.8, 4) is 12.3 Å². The van der Waals surface area contributed by atoms with Crippen molar-refractivity contribution in [3.05, 3.63) is 30.0 Å². The highest BCUT2D eigenvalue weighted by atomic mass is 15.0. The maximum Gasteiger partial charge on any atom is 0.149 e. The minimum atomic E-state index is -0.0471. The minimum absolute atomic E-state index is 0.0471. The van der Waals surface area contributed by atoms with Gasteiger partial charge in [0, 0.05) is 0 Å². The molecule has 1 heterocycles. The van der Waals surface area contributed by atoms with Crippen molar-refractivity contribution in [2.24, 2.45) is 0 Å². The molecule has 0 amide bonds. The summed E-state index contributed by atoms with van der Waals surface area (Å²) in [6, 6.07) is 7.74. The number of nitrogens with zero attached hydrogens (tertiary/aromatic N) is 2. The van der Waals surface area contributed by atoms with Gasteiger partial charge < -0.3 is 5.32 Å². The van der Waals surface area contributed by atoms with E-state index in [1.165, 1.54) is 0 Å². The molecule has 1 unspecified atom stereocenters. The Kier molecular flexibility index (Phi) is 2.74. The number of benzene rings is 1. The number of terminal acetylenes is 1. The predicted octanol–water partition coefficient (Wildman–Crippen LogP) is 2.37. The fourth-order valence-electron chi connectivity index (χ4n) is 1.47. The Morgan fingerprint density at radius 3 is 2.50 bits per heavy atom. The molecule has 3 heteroatoms. The molecule has 3 nitrogen and oxygen atoms in total. The summed E-state index contributed by atoms with van der Waals surface area (Å²) in [6.45, 7) is 3.83. The summed E-state index contributed by atoms with van der Waals surface area (Å²) in [6.07, 6.45) is 5.32. The molecule has 1 atom stereocenters. The molecule has 0 aliphatic rings. The van der Waals surface area contributed by atoms with Crippen LogP contribution in [-0.2, 0) is 0 Å². The third-order valence-electron chi connectivity index (χ3n) is 2.35. The van der Waals surface area contributed by atoms with Gasteiger partial charge in [0.2, 0.25) is 0 Å². The number of para-hydroxylation sites is 2. The molecule has 0 saturated heterocycles. The number of aromatic nitrogens is 2. The molecule has 0 fully saturated rings. The topological polar surface area (TPSA) is 37.8 Å². The van der Waals surface area contributed by atoms with Crippen molar-refractivity contribution in [3.63, 3.8) is 0 Å². The van der Waals surface area contributed by atoms with Crippen LogP contribution in [0.4, 0.5) is 5.82 Å². The average molecular weight is 211 g/mol. The molecular formula is C13H13N3. The summed E-state index contributed by atoms with van der Waals surface area (Å²) < 4.78 is 0. The van der Waals surface area contributed by atoms with E-state index in [9.17, 15) is 0 Å². The summed E-state index contributed by atoms with van der Waals surface area (Å²) in [5, 5.41) is 3.14. The molecule has 16 heavy (non-hydrogen) atoms. The van der Waals surface area contributed by atoms with E-state index >= 15 is 0 Å². The van der Waals surface area contributed by atoms with Crippen LogP contribution in [0.25, 0.3) is 11.0 Å². The van der Waals surface area contributed by atoms with Crippen LogP contribution in [0.1, 0.15) is 12.6 Å². The number of aryl methyl sites for hydroxylation is 1. The highest BCUT2D eigenvalue weighted by molar-refractivity contribution is 5.76. The molecule has 0 radical (unpaired) electrons. The number of rotatable bonds is 2. The Balaban J connectivity index is 2.47.